The van der Waals surface area contributed by atoms with Crippen LogP contribution in [0.2, 0.25) is 0 Å². The summed E-state index contributed by atoms with van der Waals surface area (Å²) in [5, 5.41) is -1.57. The molecular formula is C47H82BrCl5N2O2. The van der Waals surface area contributed by atoms with Gasteiger partial charge in [-0.2, -0.15) is 0 Å². The van der Waals surface area contributed by atoms with Crippen LogP contribution in [-0.4, -0.2) is 54.1 Å². The predicted molar refractivity (Wildman–Crippen MR) is 251 cm³/mol. The van der Waals surface area contributed by atoms with Gasteiger partial charge in [-0.25, -0.2) is 0 Å². The summed E-state index contributed by atoms with van der Waals surface area (Å²) in [6.07, 6.45) is 43.7. The van der Waals surface area contributed by atoms with Crippen LogP contribution < -0.4 is 17.0 Å². The molecule has 0 atom stereocenters. The molecule has 0 N–H and O–H groups in total. The zero-order valence-electron chi connectivity index (χ0n) is 36.8. The zero-order chi connectivity index (χ0) is 42.1. The van der Waals surface area contributed by atoms with Crippen molar-refractivity contribution in [2.75, 3.05) is 33.1 Å². The van der Waals surface area contributed by atoms with Crippen molar-refractivity contribution in [1.82, 2.24) is 4.98 Å². The van der Waals surface area contributed by atoms with Crippen LogP contribution in [0.25, 0.3) is 0 Å². The summed E-state index contributed by atoms with van der Waals surface area (Å²) in [5.74, 6) is -0.612. The Kier molecular flexibility index (Phi) is 48.7. The Morgan fingerprint density at radius 1 is 0.439 bits per heavy atom. The number of Topliss-reactive ketones (excluding diaryl/α,β-unsaturated/α-hetero) is 2. The van der Waals surface area contributed by atoms with Crippen LogP contribution >= 0.6 is 58.0 Å². The van der Waals surface area contributed by atoms with E-state index in [0.717, 1.165) is 5.88 Å². The molecule has 0 amide bonds. The quantitative estimate of drug-likeness (QED) is 0.0334. The minimum atomic E-state index is -0.729. The Morgan fingerprint density at radius 2 is 0.702 bits per heavy atom. The van der Waals surface area contributed by atoms with Gasteiger partial charge in [-0.1, -0.05) is 227 Å². The van der Waals surface area contributed by atoms with E-state index >= 15 is 0 Å². The number of nitrogens with zero attached hydrogens (tertiary/aromatic N) is 2. The van der Waals surface area contributed by atoms with Crippen LogP contribution in [0.3, 0.4) is 0 Å². The first-order chi connectivity index (χ1) is 27.0. The van der Waals surface area contributed by atoms with Gasteiger partial charge in [0.2, 0.25) is 11.6 Å². The van der Waals surface area contributed by atoms with Crippen molar-refractivity contribution >= 4 is 69.6 Å². The van der Waals surface area contributed by atoms with Crippen molar-refractivity contribution in [2.45, 2.75) is 201 Å². The maximum atomic E-state index is 11.0. The van der Waals surface area contributed by atoms with E-state index in [4.69, 9.17) is 58.0 Å². The largest absolute Gasteiger partial charge is 1.00 e. The second-order valence-corrected chi connectivity index (χ2v) is 17.7. The van der Waals surface area contributed by atoms with Gasteiger partial charge in [0.15, 0.2) is 0 Å². The number of unbranched alkanes of at least 4 members (excludes halogenated alkanes) is 26. The van der Waals surface area contributed by atoms with Crippen molar-refractivity contribution < 1.29 is 31.1 Å². The highest BCUT2D eigenvalue weighted by Crippen LogP contribution is 2.32. The number of pyridine rings is 1. The number of ketones is 2. The van der Waals surface area contributed by atoms with Crippen molar-refractivity contribution in [3.05, 3.63) is 50.7 Å². The molecule has 1 aromatic heterocycles. The van der Waals surface area contributed by atoms with Crippen LogP contribution in [0.5, 0.6) is 0 Å². The van der Waals surface area contributed by atoms with Crippen LogP contribution in [0.4, 0.5) is 0 Å². The third-order valence-corrected chi connectivity index (χ3v) is 12.1. The van der Waals surface area contributed by atoms with Crippen LogP contribution in [0.15, 0.2) is 50.7 Å². The van der Waals surface area contributed by atoms with E-state index < -0.39 is 31.7 Å². The lowest BCUT2D eigenvalue weighted by atomic mass is 10.0. The minimum Gasteiger partial charge on any atom is -1.00 e. The molecule has 1 aliphatic carbocycles. The maximum absolute atomic E-state index is 11.0. The number of hydrogen-bond donors (Lipinski definition) is 0. The van der Waals surface area contributed by atoms with Gasteiger partial charge < -0.3 is 21.5 Å². The molecule has 0 radical (unpaired) electrons. The average Bonchev–Trinajstić information content (AvgIpc) is 3.22. The molecule has 10 heteroatoms. The molecule has 57 heavy (non-hydrogen) atoms. The maximum Gasteiger partial charge on any atom is 0.219 e. The van der Waals surface area contributed by atoms with Crippen molar-refractivity contribution in [2.24, 2.45) is 0 Å². The number of carbonyl (C=O) groups excluding carboxylic acids is 2. The van der Waals surface area contributed by atoms with E-state index in [1.54, 1.807) is 12.4 Å². The Bertz CT molecular complexity index is 1020. The molecular weight excluding hydrogens is 882 g/mol. The van der Waals surface area contributed by atoms with E-state index in [0.29, 0.717) is 0 Å². The number of quaternary nitrogens is 1. The molecule has 0 bridgehead atoms. The molecule has 0 spiro atoms. The Hall–Kier alpha value is -0.140. The zero-order valence-corrected chi connectivity index (χ0v) is 42.2. The van der Waals surface area contributed by atoms with Gasteiger partial charge in [-0.15, -0.1) is 11.6 Å². The van der Waals surface area contributed by atoms with E-state index in [1.165, 1.54) is 197 Å². The molecule has 0 fully saturated rings. The summed E-state index contributed by atoms with van der Waals surface area (Å²) in [6.45, 7) is 9.49. The number of alkyl halides is 1. The second kappa shape index (κ2) is 45.4. The van der Waals surface area contributed by atoms with Crippen LogP contribution in [0.1, 0.15) is 201 Å². The highest BCUT2D eigenvalue weighted by atomic mass is 79.9. The molecule has 0 aliphatic heterocycles. The fraction of sp³-hybridized carbons (Fsp3) is 0.766. The third-order valence-electron chi connectivity index (χ3n) is 10.2. The molecule has 2 rings (SSSR count). The molecule has 0 saturated carbocycles. The third kappa shape index (κ3) is 39.7. The predicted octanol–water partition coefficient (Wildman–Crippen LogP) is 13.9. The summed E-state index contributed by atoms with van der Waals surface area (Å²) < 4.78 is 1.19. The Balaban J connectivity index is -0.000000724. The summed E-state index contributed by atoms with van der Waals surface area (Å²) in [6, 6.07) is 5.72. The van der Waals surface area contributed by atoms with E-state index in [2.05, 4.69) is 39.9 Å². The number of aromatic nitrogens is 1. The summed E-state index contributed by atoms with van der Waals surface area (Å²) in [5.41, 5.74) is 0. The molecule has 0 unspecified atom stereocenters. The van der Waals surface area contributed by atoms with Gasteiger partial charge in [0, 0.05) is 18.3 Å². The lowest BCUT2D eigenvalue weighted by Crippen LogP contribution is -3.00. The van der Waals surface area contributed by atoms with Gasteiger partial charge >= 0.3 is 0 Å². The first kappa shape index (κ1) is 61.2. The molecule has 0 aromatic carbocycles. The summed E-state index contributed by atoms with van der Waals surface area (Å²) in [7, 11) is 4.70. The highest BCUT2D eigenvalue weighted by Gasteiger charge is 2.31. The fourth-order valence-electron chi connectivity index (χ4n) is 6.09. The van der Waals surface area contributed by atoms with Gasteiger partial charge in [0.25, 0.3) is 0 Å². The lowest BCUT2D eigenvalue weighted by molar-refractivity contribution is -0.888. The van der Waals surface area contributed by atoms with E-state index in [1.807, 2.05) is 18.2 Å². The Labute approximate surface area is 387 Å². The average molecular weight is 964 g/mol. The molecule has 4 nitrogen and oxygen atoms in total. The van der Waals surface area contributed by atoms with Crippen molar-refractivity contribution in [3.63, 3.8) is 0 Å². The highest BCUT2D eigenvalue weighted by molar-refractivity contribution is 6.69. The van der Waals surface area contributed by atoms with Crippen molar-refractivity contribution in [3.8, 4) is 0 Å². The van der Waals surface area contributed by atoms with Gasteiger partial charge in [-0.05, 0) is 38.3 Å². The van der Waals surface area contributed by atoms with E-state index in [9.17, 15) is 9.59 Å². The number of carbonyl (C=O) groups is 2. The standard InChI is InChI=1S/C20H44N.C16H33Cl.C6Cl4O2.C5H5N.BrH/c1-5-7-8-9-10-11-12-13-14-15-16-17-18-19-20-21(3,4)6-2;1-2-3-4-5-6-7-8-9-10-11-12-13-14-15-16-17;7-1-2(8)6(12)4(10)3(9)5(1)11;1-2-4-6-5-3-1;/h5-20H2,1-4H3;2-16H2,1H3;;1-5H;1H/q+1;;;;/p-1. The summed E-state index contributed by atoms with van der Waals surface area (Å²) in [4.78, 5) is 25.8. The minimum absolute atomic E-state index is 0. The lowest BCUT2D eigenvalue weighted by Gasteiger charge is -2.28. The van der Waals surface area contributed by atoms with Gasteiger partial charge in [0.1, 0.15) is 20.1 Å². The molecule has 334 valence electrons. The summed E-state index contributed by atoms with van der Waals surface area (Å²) >= 11 is 27.1. The number of hydrogen-bond acceptors (Lipinski definition) is 3. The van der Waals surface area contributed by atoms with E-state index in [-0.39, 0.29) is 17.0 Å². The monoisotopic (exact) mass is 960 g/mol. The van der Waals surface area contributed by atoms with Gasteiger partial charge in [0.05, 0.1) is 27.2 Å². The Morgan fingerprint density at radius 3 is 0.912 bits per heavy atom. The fourth-order valence-corrected chi connectivity index (χ4v) is 7.09. The second-order valence-electron chi connectivity index (χ2n) is 15.8. The number of rotatable bonds is 30. The van der Waals surface area contributed by atoms with Crippen LogP contribution in [0, 0.1) is 0 Å². The first-order valence-corrected chi connectivity index (χ1v) is 24.5. The van der Waals surface area contributed by atoms with Crippen LogP contribution in [-0.2, 0) is 9.59 Å². The topological polar surface area (TPSA) is 47.0 Å². The normalized spacial score (nSPS) is 12.6. The molecule has 1 aromatic rings. The number of halogens is 6. The molecule has 1 heterocycles. The molecule has 0 saturated heterocycles. The van der Waals surface area contributed by atoms with Crippen molar-refractivity contribution in [1.29, 1.82) is 0 Å². The number of allylic oxidation sites excluding steroid dienone is 4. The molecule has 1 aliphatic rings. The smallest absolute Gasteiger partial charge is 0.219 e. The SMILES string of the molecule is CCCCCCCCCCCCCCCCCl.CCCCCCCCCCCCCCCC[N+](C)(C)CC.O=C1C(Cl)=C(Cl)C(=O)C(Cl)=C1Cl.[Br-].c1ccncc1. The van der Waals surface area contributed by atoms with Gasteiger partial charge in [-0.3, -0.25) is 14.6 Å². The first-order valence-electron chi connectivity index (χ1n) is 22.4.